The number of nitriles is 1. The fourth-order valence-electron chi connectivity index (χ4n) is 1.57. The maximum absolute atomic E-state index is 11.4. The Bertz CT molecular complexity index is 703. The molecule has 0 saturated carbocycles. The first-order chi connectivity index (χ1) is 12.1. The van der Waals surface area contributed by atoms with Crippen molar-refractivity contribution in [2.45, 2.75) is 19.8 Å². The zero-order valence-electron chi connectivity index (χ0n) is 14.8. The van der Waals surface area contributed by atoms with Gasteiger partial charge in [0.05, 0.1) is 12.7 Å². The van der Waals surface area contributed by atoms with Crippen LogP contribution in [0.15, 0.2) is 48.6 Å². The summed E-state index contributed by atoms with van der Waals surface area (Å²) in [6, 6.07) is 9.25. The Kier molecular flexibility index (Phi) is 10.8. The van der Waals surface area contributed by atoms with Gasteiger partial charge in [-0.2, -0.15) is 5.26 Å². The van der Waals surface area contributed by atoms with Gasteiger partial charge in [-0.15, -0.1) is 0 Å². The van der Waals surface area contributed by atoms with E-state index in [4.69, 9.17) is 10.00 Å². The van der Waals surface area contributed by atoms with E-state index in [9.17, 15) is 30.0 Å². The number of ether oxygens (including phenoxy) is 1. The molecule has 0 saturated heterocycles. The molecule has 0 spiro atoms. The van der Waals surface area contributed by atoms with Gasteiger partial charge in [0.1, 0.15) is 0 Å². The van der Waals surface area contributed by atoms with E-state index in [0.29, 0.717) is 12.2 Å². The molecule has 1 atom stereocenters. The average molecular weight is 469 g/mol. The van der Waals surface area contributed by atoms with Crippen molar-refractivity contribution in [1.82, 2.24) is 0 Å². The third-order valence-corrected chi connectivity index (χ3v) is 2.62. The van der Waals surface area contributed by atoms with Gasteiger partial charge in [0.2, 0.25) is 0 Å². The van der Waals surface area contributed by atoms with E-state index in [1.54, 1.807) is 19.1 Å². The summed E-state index contributed by atoms with van der Waals surface area (Å²) in [6.45, 7) is 3.97. The zero-order chi connectivity index (χ0) is 21.2. The normalized spacial score (nSPS) is 15.1. The Morgan fingerprint density at radius 2 is 1.46 bits per heavy atom. The average Bonchev–Trinajstić information content (AvgIpc) is 3.06. The molecule has 1 radical (unpaired) electrons. The monoisotopic (exact) mass is 469 g/mol. The van der Waals surface area contributed by atoms with Crippen molar-refractivity contribution in [2.24, 2.45) is 0 Å². The fourth-order valence-corrected chi connectivity index (χ4v) is 1.57. The number of aryl methyl sites for hydroxylation is 1. The van der Waals surface area contributed by atoms with Crippen molar-refractivity contribution in [1.29, 1.82) is 5.26 Å². The van der Waals surface area contributed by atoms with Crippen LogP contribution in [0.5, 0.6) is 0 Å². The molecule has 0 bridgehead atoms. The molecule has 0 N–H and O–H groups in total. The molecule has 0 heterocycles. The van der Waals surface area contributed by atoms with E-state index in [1.807, 2.05) is 55.9 Å². The van der Waals surface area contributed by atoms with Crippen molar-refractivity contribution in [3.05, 3.63) is 66.1 Å². The Hall–Kier alpha value is -1.81. The smallest absolute Gasteiger partial charge is 0.00506 e. The molecule has 0 aliphatic heterocycles. The molecule has 2 rings (SSSR count). The number of hydrogen-bond donors (Lipinski definition) is 0. The van der Waals surface area contributed by atoms with E-state index >= 15 is 0 Å². The van der Waals surface area contributed by atoms with E-state index < -0.39 is 19.7 Å². The predicted octanol–water partition coefficient (Wildman–Crippen LogP) is 6.86. The second-order valence-corrected chi connectivity index (χ2v) is 7.06. The number of carbonyl (C=O) groups is 1. The van der Waals surface area contributed by atoms with Gasteiger partial charge in [0.25, 0.3) is 0 Å². The first kappa shape index (κ1) is 28.4. The molecule has 11 heteroatoms. The summed E-state index contributed by atoms with van der Waals surface area (Å²) in [5, 5.41) is 8.89. The van der Waals surface area contributed by atoms with E-state index in [0.717, 1.165) is 5.56 Å². The number of hydrogen-bond acceptors (Lipinski definition) is 3. The van der Waals surface area contributed by atoms with Crippen LogP contribution in [0, 0.1) is 24.7 Å². The SMILES string of the molecule is CCOC(=O)C(C#N)c1ccc(C)cc1.F[P-](F)(F)(F)(F)F.[CH]1C=CC=C1.[Fe]. The molecule has 28 heavy (non-hydrogen) atoms. The minimum Gasteiger partial charge on any atom is -0.0767 e. The van der Waals surface area contributed by atoms with Crippen LogP contribution in [-0.2, 0) is 26.6 Å². The van der Waals surface area contributed by atoms with Crippen LogP contribution in [0.25, 0.3) is 0 Å². The van der Waals surface area contributed by atoms with Gasteiger partial charge >= 0.3 is 39.0 Å². The van der Waals surface area contributed by atoms with Gasteiger partial charge in [-0.3, -0.25) is 4.79 Å². The summed E-state index contributed by atoms with van der Waals surface area (Å²) in [5.74, 6) is -1.30. The van der Waals surface area contributed by atoms with Crippen LogP contribution in [0.2, 0.25) is 0 Å². The van der Waals surface area contributed by atoms with Crippen molar-refractivity contribution >= 4 is 13.8 Å². The zero-order valence-corrected chi connectivity index (χ0v) is 16.8. The van der Waals surface area contributed by atoms with Crippen LogP contribution in [-0.4, -0.2) is 12.6 Å². The molecule has 1 aliphatic rings. The molecule has 1 unspecified atom stereocenters. The largest absolute Gasteiger partial charge is 0.0767 e. The van der Waals surface area contributed by atoms with E-state index in [2.05, 4.69) is 0 Å². The molecule has 1 aromatic carbocycles. The van der Waals surface area contributed by atoms with Crippen LogP contribution in [0.1, 0.15) is 24.0 Å². The van der Waals surface area contributed by atoms with Crippen LogP contribution in [0.4, 0.5) is 25.2 Å². The van der Waals surface area contributed by atoms with Gasteiger partial charge in [0, 0.05) is 23.5 Å². The van der Waals surface area contributed by atoms with Gasteiger partial charge in [-0.25, -0.2) is 0 Å². The molecule has 0 fully saturated rings. The third kappa shape index (κ3) is 19.0. The van der Waals surface area contributed by atoms with Crippen molar-refractivity contribution < 1.29 is 51.8 Å². The first-order valence-electron chi connectivity index (χ1n) is 7.50. The summed E-state index contributed by atoms with van der Waals surface area (Å²) in [4.78, 5) is 11.4. The number of carbonyl (C=O) groups excluding carboxylic acids is 1. The Balaban J connectivity index is 0. The van der Waals surface area contributed by atoms with Crippen LogP contribution in [0.3, 0.4) is 0 Å². The molecule has 1 aliphatic carbocycles. The molecule has 0 aromatic heterocycles. The molecule has 1 aromatic rings. The van der Waals surface area contributed by atoms with Gasteiger partial charge < -0.3 is 4.74 Å². The first-order valence-corrected chi connectivity index (χ1v) is 9.52. The molecular formula is C17H18F6FeNO2P-. The quantitative estimate of drug-likeness (QED) is 0.210. The molecular weight excluding hydrogens is 451 g/mol. The Morgan fingerprint density at radius 3 is 1.75 bits per heavy atom. The van der Waals surface area contributed by atoms with E-state index in [-0.39, 0.29) is 17.1 Å². The Labute approximate surface area is 169 Å². The molecule has 159 valence electrons. The minimum atomic E-state index is -10.7. The molecule has 3 nitrogen and oxygen atoms in total. The van der Waals surface area contributed by atoms with Crippen LogP contribution >= 0.6 is 7.81 Å². The minimum absolute atomic E-state index is 0. The topological polar surface area (TPSA) is 50.1 Å². The standard InChI is InChI=1S/C12H13NO2.C5H5.F6P.Fe/c1-3-15-12(14)11(8-13)10-6-4-9(2)5-7-10;1-2-4-5-3-1;1-7(2,3,4,5)6;/h4-7,11H,3H2,1-2H3;1-5H;;/q;;-1;. The summed E-state index contributed by atoms with van der Waals surface area (Å²) >= 11 is 0. The number of halogens is 6. The second kappa shape index (κ2) is 10.7. The maximum atomic E-state index is 11.4. The maximum Gasteiger partial charge on any atom is 0.00506 e. The summed E-state index contributed by atoms with van der Waals surface area (Å²) < 4.78 is 64.0. The van der Waals surface area contributed by atoms with Crippen molar-refractivity contribution in [3.63, 3.8) is 0 Å². The predicted molar refractivity (Wildman–Crippen MR) is 92.3 cm³/mol. The fraction of sp³-hybridized carbons (Fsp3) is 0.235. The third-order valence-electron chi connectivity index (χ3n) is 2.62. The van der Waals surface area contributed by atoms with Crippen molar-refractivity contribution in [3.8, 4) is 6.07 Å². The second-order valence-electron chi connectivity index (χ2n) is 5.15. The van der Waals surface area contributed by atoms with Crippen LogP contribution < -0.4 is 0 Å². The van der Waals surface area contributed by atoms with Gasteiger partial charge in [0.15, 0.2) is 5.92 Å². The number of esters is 1. The van der Waals surface area contributed by atoms with E-state index in [1.165, 1.54) is 0 Å². The van der Waals surface area contributed by atoms with Gasteiger partial charge in [-0.05, 0) is 19.4 Å². The number of benzene rings is 1. The Morgan fingerprint density at radius 1 is 1.04 bits per heavy atom. The number of nitrogens with zero attached hydrogens (tertiary/aromatic N) is 1. The summed E-state index contributed by atoms with van der Waals surface area (Å²) in [7, 11) is -10.7. The summed E-state index contributed by atoms with van der Waals surface area (Å²) in [5.41, 5.74) is 1.78. The number of rotatable bonds is 3. The summed E-state index contributed by atoms with van der Waals surface area (Å²) in [6.07, 6.45) is 10.0. The van der Waals surface area contributed by atoms with Gasteiger partial charge in [-0.1, -0.05) is 54.1 Å². The van der Waals surface area contributed by atoms with Crippen molar-refractivity contribution in [2.75, 3.05) is 6.61 Å². The number of allylic oxidation sites excluding steroid dienone is 4. The molecule has 0 amide bonds.